The number of aryl methyl sites for hydroxylation is 1. The molecule has 0 aliphatic heterocycles. The molecule has 25 heavy (non-hydrogen) atoms. The Bertz CT molecular complexity index is 876. The molecule has 3 rings (SSSR count). The third kappa shape index (κ3) is 3.74. The van der Waals surface area contributed by atoms with Gasteiger partial charge in [0, 0.05) is 24.4 Å². The molecule has 0 amide bonds. The molecular formula is C17H17F3N4O. The Kier molecular flexibility index (Phi) is 4.63. The lowest BCUT2D eigenvalue weighted by atomic mass is 10.1. The highest BCUT2D eigenvalue weighted by atomic mass is 19.4. The lowest BCUT2D eigenvalue weighted by Gasteiger charge is -2.16. The minimum atomic E-state index is -4.44. The Morgan fingerprint density at radius 3 is 2.76 bits per heavy atom. The van der Waals surface area contributed by atoms with Crippen molar-refractivity contribution in [3.05, 3.63) is 59.4 Å². The Hall–Kier alpha value is -2.61. The molecule has 0 spiro atoms. The van der Waals surface area contributed by atoms with Crippen molar-refractivity contribution in [3.8, 4) is 0 Å². The minimum Gasteiger partial charge on any atom is -0.387 e. The molecule has 0 fully saturated rings. The van der Waals surface area contributed by atoms with Crippen LogP contribution in [0.3, 0.4) is 0 Å². The van der Waals surface area contributed by atoms with Crippen LogP contribution >= 0.6 is 0 Å². The maximum Gasteiger partial charge on any atom is 0.416 e. The topological polar surface area (TPSA) is 62.5 Å². The predicted octanol–water partition coefficient (Wildman–Crippen LogP) is 3.46. The number of nitrogens with zero attached hydrogens (tertiary/aromatic N) is 3. The van der Waals surface area contributed by atoms with Gasteiger partial charge in [0.1, 0.15) is 5.82 Å². The van der Waals surface area contributed by atoms with Crippen molar-refractivity contribution in [2.75, 3.05) is 11.9 Å². The van der Waals surface area contributed by atoms with E-state index in [1.807, 2.05) is 6.92 Å². The van der Waals surface area contributed by atoms with E-state index in [9.17, 15) is 18.3 Å². The highest BCUT2D eigenvalue weighted by Gasteiger charge is 2.30. The summed E-state index contributed by atoms with van der Waals surface area (Å²) in [6.45, 7) is 2.01. The molecular weight excluding hydrogens is 333 g/mol. The summed E-state index contributed by atoms with van der Waals surface area (Å²) in [5, 5.41) is 17.4. The smallest absolute Gasteiger partial charge is 0.387 e. The summed E-state index contributed by atoms with van der Waals surface area (Å²) in [4.78, 5) is 4.41. The van der Waals surface area contributed by atoms with E-state index in [4.69, 9.17) is 0 Å². The van der Waals surface area contributed by atoms with Crippen LogP contribution in [0.15, 0.2) is 42.6 Å². The van der Waals surface area contributed by atoms with Crippen molar-refractivity contribution in [2.24, 2.45) is 0 Å². The van der Waals surface area contributed by atoms with Crippen LogP contribution in [-0.2, 0) is 12.6 Å². The molecule has 2 N–H and O–H groups in total. The van der Waals surface area contributed by atoms with E-state index in [1.165, 1.54) is 12.1 Å². The average molecular weight is 350 g/mol. The normalized spacial score (nSPS) is 13.2. The standard InChI is InChI=1S/C17H17F3N4O/c1-2-13-9-16(24-15(23-13)6-7-22-24)21-10-14(25)11-4-3-5-12(8-11)17(18,19)20/h3-9,14,21,25H,2,10H2,1H3. The van der Waals surface area contributed by atoms with Crippen LogP contribution in [0.1, 0.15) is 29.8 Å². The summed E-state index contributed by atoms with van der Waals surface area (Å²) in [7, 11) is 0. The summed E-state index contributed by atoms with van der Waals surface area (Å²) in [5.41, 5.74) is 0.930. The van der Waals surface area contributed by atoms with E-state index in [0.29, 0.717) is 11.5 Å². The average Bonchev–Trinajstić information content (AvgIpc) is 3.07. The SMILES string of the molecule is CCc1cc(NCC(O)c2cccc(C(F)(F)F)c2)n2nccc2n1. The predicted molar refractivity (Wildman–Crippen MR) is 87.3 cm³/mol. The fourth-order valence-electron chi connectivity index (χ4n) is 2.51. The zero-order valence-corrected chi connectivity index (χ0v) is 13.5. The van der Waals surface area contributed by atoms with Gasteiger partial charge in [0.2, 0.25) is 0 Å². The zero-order chi connectivity index (χ0) is 18.0. The molecule has 0 saturated heterocycles. The van der Waals surface area contributed by atoms with Gasteiger partial charge in [0.15, 0.2) is 5.65 Å². The first kappa shape index (κ1) is 17.2. The Labute approximate surface area is 142 Å². The summed E-state index contributed by atoms with van der Waals surface area (Å²) in [6, 6.07) is 8.25. The first-order chi connectivity index (χ1) is 11.9. The number of aliphatic hydroxyl groups is 1. The van der Waals surface area contributed by atoms with E-state index in [2.05, 4.69) is 15.4 Å². The van der Waals surface area contributed by atoms with Crippen molar-refractivity contribution < 1.29 is 18.3 Å². The van der Waals surface area contributed by atoms with Crippen molar-refractivity contribution in [3.63, 3.8) is 0 Å². The number of aromatic nitrogens is 3. The van der Waals surface area contributed by atoms with Gasteiger partial charge in [0.25, 0.3) is 0 Å². The first-order valence-corrected chi connectivity index (χ1v) is 7.81. The van der Waals surface area contributed by atoms with Gasteiger partial charge in [-0.1, -0.05) is 19.1 Å². The van der Waals surface area contributed by atoms with Crippen molar-refractivity contribution in [2.45, 2.75) is 25.6 Å². The Morgan fingerprint density at radius 2 is 2.04 bits per heavy atom. The molecule has 2 aromatic heterocycles. The van der Waals surface area contributed by atoms with Gasteiger partial charge in [-0.2, -0.15) is 22.8 Å². The van der Waals surface area contributed by atoms with E-state index in [-0.39, 0.29) is 12.1 Å². The van der Waals surface area contributed by atoms with Crippen LogP contribution in [0.5, 0.6) is 0 Å². The number of halogens is 3. The second-order valence-electron chi connectivity index (χ2n) is 5.61. The fraction of sp³-hybridized carbons (Fsp3) is 0.294. The molecule has 5 nitrogen and oxygen atoms in total. The number of benzene rings is 1. The number of rotatable bonds is 5. The van der Waals surface area contributed by atoms with Crippen LogP contribution in [0.4, 0.5) is 19.0 Å². The van der Waals surface area contributed by atoms with Crippen molar-refractivity contribution in [1.29, 1.82) is 0 Å². The zero-order valence-electron chi connectivity index (χ0n) is 13.5. The number of anilines is 1. The van der Waals surface area contributed by atoms with Gasteiger partial charge in [-0.3, -0.25) is 0 Å². The third-order valence-electron chi connectivity index (χ3n) is 3.85. The van der Waals surface area contributed by atoms with Gasteiger partial charge in [-0.25, -0.2) is 4.98 Å². The lowest BCUT2D eigenvalue weighted by Crippen LogP contribution is -2.16. The van der Waals surface area contributed by atoms with Crippen LogP contribution < -0.4 is 5.32 Å². The molecule has 1 atom stereocenters. The van der Waals surface area contributed by atoms with E-state index >= 15 is 0 Å². The molecule has 8 heteroatoms. The lowest BCUT2D eigenvalue weighted by molar-refractivity contribution is -0.137. The number of hydrogen-bond acceptors (Lipinski definition) is 4. The Morgan fingerprint density at radius 1 is 1.24 bits per heavy atom. The Balaban J connectivity index is 1.79. The van der Waals surface area contributed by atoms with Crippen molar-refractivity contribution in [1.82, 2.24) is 14.6 Å². The van der Waals surface area contributed by atoms with Gasteiger partial charge >= 0.3 is 6.18 Å². The molecule has 1 aromatic carbocycles. The summed E-state index contributed by atoms with van der Waals surface area (Å²) in [6.07, 6.45) is -3.19. The van der Waals surface area contributed by atoms with Gasteiger partial charge in [-0.05, 0) is 24.1 Å². The molecule has 132 valence electrons. The molecule has 3 aromatic rings. The van der Waals surface area contributed by atoms with E-state index < -0.39 is 17.8 Å². The van der Waals surface area contributed by atoms with Gasteiger partial charge < -0.3 is 10.4 Å². The summed E-state index contributed by atoms with van der Waals surface area (Å²) >= 11 is 0. The minimum absolute atomic E-state index is 0.0451. The molecule has 0 aliphatic carbocycles. The van der Waals surface area contributed by atoms with Crippen molar-refractivity contribution >= 4 is 11.5 Å². The number of nitrogens with one attached hydrogen (secondary N) is 1. The number of fused-ring (bicyclic) bond motifs is 1. The molecule has 0 saturated carbocycles. The van der Waals surface area contributed by atoms with E-state index in [1.54, 1.807) is 22.8 Å². The van der Waals surface area contributed by atoms with E-state index in [0.717, 1.165) is 24.2 Å². The van der Waals surface area contributed by atoms with Gasteiger partial charge in [-0.15, -0.1) is 0 Å². The molecule has 2 heterocycles. The number of alkyl halides is 3. The molecule has 1 unspecified atom stereocenters. The highest BCUT2D eigenvalue weighted by molar-refractivity contribution is 5.49. The largest absolute Gasteiger partial charge is 0.416 e. The fourth-order valence-corrected chi connectivity index (χ4v) is 2.51. The summed E-state index contributed by atoms with van der Waals surface area (Å²) < 4.78 is 39.9. The highest BCUT2D eigenvalue weighted by Crippen LogP contribution is 2.30. The van der Waals surface area contributed by atoms with Crippen LogP contribution in [-0.4, -0.2) is 26.2 Å². The second-order valence-corrected chi connectivity index (χ2v) is 5.61. The maximum absolute atomic E-state index is 12.8. The van der Waals surface area contributed by atoms with Crippen LogP contribution in [0.2, 0.25) is 0 Å². The maximum atomic E-state index is 12.8. The molecule has 0 aliphatic rings. The number of aliphatic hydroxyl groups excluding tert-OH is 1. The molecule has 0 bridgehead atoms. The number of hydrogen-bond donors (Lipinski definition) is 2. The van der Waals surface area contributed by atoms with Gasteiger partial charge in [0.05, 0.1) is 17.9 Å². The van der Waals surface area contributed by atoms with Crippen LogP contribution in [0, 0.1) is 0 Å². The first-order valence-electron chi connectivity index (χ1n) is 7.81. The quantitative estimate of drug-likeness (QED) is 0.740. The van der Waals surface area contributed by atoms with Crippen LogP contribution in [0.25, 0.3) is 5.65 Å². The summed E-state index contributed by atoms with van der Waals surface area (Å²) in [5.74, 6) is 0.623. The second kappa shape index (κ2) is 6.72. The third-order valence-corrected chi connectivity index (χ3v) is 3.85. The molecule has 0 radical (unpaired) electrons. The monoisotopic (exact) mass is 350 g/mol.